The Kier molecular flexibility index (Phi) is 7.44. The van der Waals surface area contributed by atoms with E-state index in [1.54, 1.807) is 12.1 Å². The molecule has 0 bridgehead atoms. The largest absolute Gasteiger partial charge is 0.372 e. The summed E-state index contributed by atoms with van der Waals surface area (Å²) < 4.78 is 5.34. The smallest absolute Gasteiger partial charge is 0.281 e. The average Bonchev–Trinajstić information content (AvgIpc) is 3.17. The van der Waals surface area contributed by atoms with Gasteiger partial charge in [-0.05, 0) is 61.9 Å². The number of benzene rings is 3. The minimum Gasteiger partial charge on any atom is -0.372 e. The van der Waals surface area contributed by atoms with Crippen molar-refractivity contribution in [3.63, 3.8) is 0 Å². The number of carbonyl (C=O) groups excluding carboxylic acids is 1. The fourth-order valence-electron chi connectivity index (χ4n) is 3.43. The van der Waals surface area contributed by atoms with Gasteiger partial charge in [-0.15, -0.1) is 4.33 Å². The molecule has 1 aliphatic rings. The Bertz CT molecular complexity index is 1130. The van der Waals surface area contributed by atoms with E-state index in [0.29, 0.717) is 22.1 Å². The molecule has 0 saturated carbocycles. The van der Waals surface area contributed by atoms with Crippen molar-refractivity contribution < 1.29 is 14.0 Å². The minimum atomic E-state index is -0.222. The van der Waals surface area contributed by atoms with Crippen LogP contribution in [0, 0.1) is 0 Å². The molecular formula is C26H25N3O3S. The van der Waals surface area contributed by atoms with Gasteiger partial charge in [0.25, 0.3) is 5.91 Å². The average molecular weight is 460 g/mol. The fourth-order valence-corrected chi connectivity index (χ4v) is 3.95. The van der Waals surface area contributed by atoms with Crippen molar-refractivity contribution >= 4 is 40.4 Å². The first-order valence-electron chi connectivity index (χ1n) is 10.8. The number of anilines is 2. The van der Waals surface area contributed by atoms with Crippen molar-refractivity contribution in [2.75, 3.05) is 23.0 Å². The first kappa shape index (κ1) is 22.6. The predicted octanol–water partition coefficient (Wildman–Crippen LogP) is 5.94. The van der Waals surface area contributed by atoms with Gasteiger partial charge in [0.05, 0.1) is 11.3 Å². The van der Waals surface area contributed by atoms with E-state index in [4.69, 9.17) is 9.22 Å². The number of carbonyl (C=O) groups is 1. The molecule has 0 spiro atoms. The van der Waals surface area contributed by atoms with Crippen molar-refractivity contribution in [2.45, 2.75) is 13.8 Å². The van der Waals surface area contributed by atoms with Gasteiger partial charge in [-0.25, -0.2) is 0 Å². The maximum absolute atomic E-state index is 13.2. The van der Waals surface area contributed by atoms with Crippen LogP contribution < -0.4 is 14.8 Å². The molecule has 0 aliphatic carbocycles. The standard InChI is InChI=1S/C26H25N3O3S/c1-3-28(4-2)21-17-15-20(16-18-21)19-24-25(33-32-31-23-13-9-6-10-14-23)27-29(26(24)30)22-11-7-5-8-12-22/h5-19H,3-4H2,1-2H3. The Balaban J connectivity index is 1.58. The Morgan fingerprint density at radius 3 is 2.18 bits per heavy atom. The van der Waals surface area contributed by atoms with Crippen LogP contribution in [0.2, 0.25) is 0 Å². The SMILES string of the molecule is CCN(CC)c1ccc(C=C2C(=O)N(c3ccccc3)N=C2SOOc2ccccc2)cc1. The molecule has 7 heteroatoms. The zero-order chi connectivity index (χ0) is 23.0. The third kappa shape index (κ3) is 5.45. The molecule has 0 N–H and O–H groups in total. The molecule has 1 heterocycles. The molecule has 0 saturated heterocycles. The number of amides is 1. The second-order valence-electron chi connectivity index (χ2n) is 7.23. The van der Waals surface area contributed by atoms with Gasteiger partial charge in [0, 0.05) is 18.8 Å². The third-order valence-electron chi connectivity index (χ3n) is 5.16. The van der Waals surface area contributed by atoms with Crippen LogP contribution in [0.15, 0.2) is 95.6 Å². The third-order valence-corrected chi connectivity index (χ3v) is 5.76. The Morgan fingerprint density at radius 1 is 0.909 bits per heavy atom. The number of rotatable bonds is 8. The number of hydrogen-bond acceptors (Lipinski definition) is 6. The van der Waals surface area contributed by atoms with E-state index in [0.717, 1.165) is 36.4 Å². The molecule has 4 rings (SSSR count). The highest BCUT2D eigenvalue weighted by molar-refractivity contribution is 8.10. The summed E-state index contributed by atoms with van der Waals surface area (Å²) in [5.41, 5.74) is 3.18. The van der Waals surface area contributed by atoms with Gasteiger partial charge in [-0.2, -0.15) is 10.1 Å². The molecule has 3 aromatic rings. The Hall–Kier alpha value is -3.55. The quantitative estimate of drug-likeness (QED) is 0.181. The topological polar surface area (TPSA) is 54.4 Å². The van der Waals surface area contributed by atoms with Gasteiger partial charge >= 0.3 is 0 Å². The summed E-state index contributed by atoms with van der Waals surface area (Å²) in [5, 5.41) is 6.31. The number of hydrazone groups is 1. The second kappa shape index (κ2) is 10.8. The maximum atomic E-state index is 13.2. The van der Waals surface area contributed by atoms with E-state index in [9.17, 15) is 4.79 Å². The highest BCUT2D eigenvalue weighted by atomic mass is 32.2. The molecule has 6 nitrogen and oxygen atoms in total. The van der Waals surface area contributed by atoms with Crippen LogP contribution in [0.1, 0.15) is 19.4 Å². The van der Waals surface area contributed by atoms with Crippen molar-refractivity contribution in [1.82, 2.24) is 0 Å². The molecule has 0 radical (unpaired) electrons. The lowest BCUT2D eigenvalue weighted by molar-refractivity contribution is -0.114. The number of hydrogen-bond donors (Lipinski definition) is 0. The molecule has 0 unspecified atom stereocenters. The van der Waals surface area contributed by atoms with Crippen LogP contribution >= 0.6 is 12.0 Å². The lowest BCUT2D eigenvalue weighted by Gasteiger charge is -2.20. The van der Waals surface area contributed by atoms with Gasteiger partial charge in [0.15, 0.2) is 10.8 Å². The van der Waals surface area contributed by atoms with Crippen molar-refractivity contribution in [1.29, 1.82) is 0 Å². The van der Waals surface area contributed by atoms with Crippen LogP contribution in [0.4, 0.5) is 11.4 Å². The molecule has 1 aliphatic heterocycles. The van der Waals surface area contributed by atoms with Crippen molar-refractivity contribution in [2.24, 2.45) is 5.10 Å². The van der Waals surface area contributed by atoms with Gasteiger partial charge in [-0.1, -0.05) is 48.5 Å². The van der Waals surface area contributed by atoms with E-state index < -0.39 is 0 Å². The summed E-state index contributed by atoms with van der Waals surface area (Å²) in [6, 6.07) is 26.6. The Morgan fingerprint density at radius 2 is 1.55 bits per heavy atom. The summed E-state index contributed by atoms with van der Waals surface area (Å²) in [5.74, 6) is 0.340. The highest BCUT2D eigenvalue weighted by Gasteiger charge is 2.32. The monoisotopic (exact) mass is 459 g/mol. The molecule has 3 aromatic carbocycles. The molecule has 1 amide bonds. The van der Waals surface area contributed by atoms with Gasteiger partial charge < -0.3 is 9.79 Å². The van der Waals surface area contributed by atoms with Crippen LogP contribution in [-0.4, -0.2) is 24.0 Å². The first-order chi connectivity index (χ1) is 16.2. The second-order valence-corrected chi connectivity index (χ2v) is 7.92. The fraction of sp³-hybridized carbons (Fsp3) is 0.154. The molecule has 33 heavy (non-hydrogen) atoms. The van der Waals surface area contributed by atoms with Crippen LogP contribution in [0.5, 0.6) is 5.75 Å². The van der Waals surface area contributed by atoms with Crippen molar-refractivity contribution in [3.8, 4) is 5.75 Å². The van der Waals surface area contributed by atoms with Crippen LogP contribution in [0.3, 0.4) is 0 Å². The summed E-state index contributed by atoms with van der Waals surface area (Å²) in [6.07, 6.45) is 1.83. The lowest BCUT2D eigenvalue weighted by Crippen LogP contribution is -2.21. The van der Waals surface area contributed by atoms with E-state index in [1.165, 1.54) is 5.01 Å². The summed E-state index contributed by atoms with van der Waals surface area (Å²) in [6.45, 7) is 6.14. The number of para-hydroxylation sites is 2. The van der Waals surface area contributed by atoms with E-state index in [-0.39, 0.29) is 5.91 Å². The van der Waals surface area contributed by atoms with E-state index >= 15 is 0 Å². The summed E-state index contributed by atoms with van der Waals surface area (Å²) >= 11 is 0.912. The maximum Gasteiger partial charge on any atom is 0.281 e. The lowest BCUT2D eigenvalue weighted by atomic mass is 10.1. The summed E-state index contributed by atoms with van der Waals surface area (Å²) in [4.78, 5) is 20.8. The van der Waals surface area contributed by atoms with E-state index in [2.05, 4.69) is 36.0 Å². The van der Waals surface area contributed by atoms with Gasteiger partial charge in [-0.3, -0.25) is 4.79 Å². The highest BCUT2D eigenvalue weighted by Crippen LogP contribution is 2.30. The minimum absolute atomic E-state index is 0.222. The summed E-state index contributed by atoms with van der Waals surface area (Å²) in [7, 11) is 0. The van der Waals surface area contributed by atoms with Crippen LogP contribution in [0.25, 0.3) is 6.08 Å². The first-order valence-corrected chi connectivity index (χ1v) is 11.5. The molecule has 0 fully saturated rings. The van der Waals surface area contributed by atoms with E-state index in [1.807, 2.05) is 66.7 Å². The molecule has 0 aromatic heterocycles. The van der Waals surface area contributed by atoms with Crippen LogP contribution in [-0.2, 0) is 9.13 Å². The predicted molar refractivity (Wildman–Crippen MR) is 135 cm³/mol. The molecule has 168 valence electrons. The molecule has 0 atom stereocenters. The normalized spacial score (nSPS) is 14.5. The number of nitrogens with zero attached hydrogens (tertiary/aromatic N) is 3. The van der Waals surface area contributed by atoms with Gasteiger partial charge in [0.2, 0.25) is 0 Å². The van der Waals surface area contributed by atoms with Gasteiger partial charge in [0.1, 0.15) is 12.0 Å². The Labute approximate surface area is 198 Å². The zero-order valence-electron chi connectivity index (χ0n) is 18.5. The zero-order valence-corrected chi connectivity index (χ0v) is 19.4. The molecular weight excluding hydrogens is 434 g/mol. The van der Waals surface area contributed by atoms with Crippen molar-refractivity contribution in [3.05, 3.63) is 96.1 Å².